The number of rotatable bonds is 6. The molecule has 1 N–H and O–H groups in total. The first-order valence-corrected chi connectivity index (χ1v) is 8.53. The Kier molecular flexibility index (Phi) is 5.67. The van der Waals surface area contributed by atoms with E-state index in [9.17, 15) is 4.79 Å². The highest BCUT2D eigenvalue weighted by atomic mass is 16.5. The Morgan fingerprint density at radius 1 is 1.17 bits per heavy atom. The van der Waals surface area contributed by atoms with Crippen molar-refractivity contribution in [3.8, 4) is 5.69 Å². The van der Waals surface area contributed by atoms with E-state index in [1.54, 1.807) is 0 Å². The molecule has 0 bridgehead atoms. The van der Waals surface area contributed by atoms with Gasteiger partial charge in [-0.2, -0.15) is 0 Å². The molecule has 1 amide bonds. The predicted molar refractivity (Wildman–Crippen MR) is 92.3 cm³/mol. The number of hydrogen-bond acceptors (Lipinski definition) is 3. The molecule has 0 aliphatic carbocycles. The number of aromatic nitrogens is 1. The summed E-state index contributed by atoms with van der Waals surface area (Å²) in [5, 5.41) is 8.79. The number of amides is 1. The van der Waals surface area contributed by atoms with E-state index in [0.29, 0.717) is 13.0 Å². The van der Waals surface area contributed by atoms with Crippen molar-refractivity contribution in [1.82, 2.24) is 9.47 Å². The lowest BCUT2D eigenvalue weighted by Crippen LogP contribution is -2.41. The van der Waals surface area contributed by atoms with Gasteiger partial charge in [0.05, 0.1) is 6.10 Å². The van der Waals surface area contributed by atoms with Gasteiger partial charge in [0.25, 0.3) is 5.91 Å². The minimum Gasteiger partial charge on any atom is -0.396 e. The molecule has 5 heteroatoms. The van der Waals surface area contributed by atoms with Crippen LogP contribution in [0.15, 0.2) is 48.8 Å². The second-order valence-electron chi connectivity index (χ2n) is 6.08. The monoisotopic (exact) mass is 328 g/mol. The Morgan fingerprint density at radius 2 is 1.92 bits per heavy atom. The highest BCUT2D eigenvalue weighted by Crippen LogP contribution is 2.18. The number of ether oxygens (including phenoxy) is 1. The summed E-state index contributed by atoms with van der Waals surface area (Å²) in [5.74, 6) is 0.0813. The van der Waals surface area contributed by atoms with Gasteiger partial charge in [-0.3, -0.25) is 4.79 Å². The minimum absolute atomic E-state index is 0.0813. The summed E-state index contributed by atoms with van der Waals surface area (Å²) in [5.41, 5.74) is 1.72. The summed E-state index contributed by atoms with van der Waals surface area (Å²) in [6.45, 7) is 2.19. The molecule has 1 aromatic heterocycles. The van der Waals surface area contributed by atoms with E-state index in [2.05, 4.69) is 0 Å². The van der Waals surface area contributed by atoms with E-state index < -0.39 is 0 Å². The van der Waals surface area contributed by atoms with Crippen LogP contribution in [0.1, 0.15) is 29.6 Å². The van der Waals surface area contributed by atoms with E-state index in [1.807, 2.05) is 58.3 Å². The third kappa shape index (κ3) is 4.04. The normalized spacial score (nSPS) is 15.6. The smallest absolute Gasteiger partial charge is 0.253 e. The number of carbonyl (C=O) groups is 1. The van der Waals surface area contributed by atoms with Crippen LogP contribution in [0.5, 0.6) is 0 Å². The largest absolute Gasteiger partial charge is 0.396 e. The molecule has 0 spiro atoms. The van der Waals surface area contributed by atoms with Crippen LogP contribution in [-0.4, -0.2) is 52.9 Å². The highest BCUT2D eigenvalue weighted by molar-refractivity contribution is 5.94. The highest BCUT2D eigenvalue weighted by Gasteiger charge is 2.24. The summed E-state index contributed by atoms with van der Waals surface area (Å²) in [4.78, 5) is 14.6. The molecule has 1 saturated heterocycles. The van der Waals surface area contributed by atoms with Crippen molar-refractivity contribution in [2.24, 2.45) is 0 Å². The lowest BCUT2D eigenvalue weighted by molar-refractivity contribution is 0.00397. The average Bonchev–Trinajstić information content (AvgIpc) is 3.17. The van der Waals surface area contributed by atoms with E-state index in [4.69, 9.17) is 9.84 Å². The number of carbonyl (C=O) groups excluding carboxylic acids is 1. The average molecular weight is 328 g/mol. The van der Waals surface area contributed by atoms with E-state index in [1.165, 1.54) is 0 Å². The summed E-state index contributed by atoms with van der Waals surface area (Å²) in [6.07, 6.45) is 6.53. The van der Waals surface area contributed by atoms with Crippen LogP contribution < -0.4 is 0 Å². The number of aliphatic hydroxyl groups is 1. The first kappa shape index (κ1) is 16.7. The van der Waals surface area contributed by atoms with Gasteiger partial charge in [0.2, 0.25) is 0 Å². The fourth-order valence-corrected chi connectivity index (χ4v) is 3.03. The molecule has 24 heavy (non-hydrogen) atoms. The Hall–Kier alpha value is -2.11. The second-order valence-corrected chi connectivity index (χ2v) is 6.08. The minimum atomic E-state index is 0.0813. The SMILES string of the molecule is O=C(c1cccc(-n2cccc2)c1)N1CCC(OCCCO)CC1. The fourth-order valence-electron chi connectivity index (χ4n) is 3.03. The first-order valence-electron chi connectivity index (χ1n) is 8.53. The maximum atomic E-state index is 12.7. The lowest BCUT2D eigenvalue weighted by Gasteiger charge is -2.32. The number of piperidine rings is 1. The number of nitrogens with zero attached hydrogens (tertiary/aromatic N) is 2. The van der Waals surface area contributed by atoms with Crippen LogP contribution in [0.2, 0.25) is 0 Å². The van der Waals surface area contributed by atoms with Crippen molar-refractivity contribution in [3.05, 3.63) is 54.4 Å². The Balaban J connectivity index is 1.59. The number of benzene rings is 1. The number of hydrogen-bond donors (Lipinski definition) is 1. The summed E-state index contributed by atoms with van der Waals surface area (Å²) < 4.78 is 7.72. The molecule has 0 radical (unpaired) electrons. The van der Waals surface area contributed by atoms with Gasteiger partial charge in [-0.05, 0) is 49.6 Å². The van der Waals surface area contributed by atoms with Gasteiger partial charge in [-0.15, -0.1) is 0 Å². The van der Waals surface area contributed by atoms with Crippen LogP contribution >= 0.6 is 0 Å². The van der Waals surface area contributed by atoms with Crippen molar-refractivity contribution in [1.29, 1.82) is 0 Å². The van der Waals surface area contributed by atoms with E-state index >= 15 is 0 Å². The Labute approximate surface area is 142 Å². The van der Waals surface area contributed by atoms with Crippen molar-refractivity contribution in [2.45, 2.75) is 25.4 Å². The van der Waals surface area contributed by atoms with Gasteiger partial charge in [0.15, 0.2) is 0 Å². The van der Waals surface area contributed by atoms with Gasteiger partial charge in [-0.1, -0.05) is 6.07 Å². The predicted octanol–water partition coefficient (Wildman–Crippen LogP) is 2.48. The zero-order valence-electron chi connectivity index (χ0n) is 13.8. The fraction of sp³-hybridized carbons (Fsp3) is 0.421. The van der Waals surface area contributed by atoms with Crippen molar-refractivity contribution >= 4 is 5.91 Å². The molecule has 1 aliphatic rings. The Bertz CT molecular complexity index is 646. The van der Waals surface area contributed by atoms with Crippen molar-refractivity contribution < 1.29 is 14.6 Å². The number of likely N-dealkylation sites (tertiary alicyclic amines) is 1. The molecule has 0 saturated carbocycles. The molecular formula is C19H24N2O3. The molecule has 2 aromatic rings. The van der Waals surface area contributed by atoms with Crippen molar-refractivity contribution in [3.63, 3.8) is 0 Å². The summed E-state index contributed by atoms with van der Waals surface area (Å²) in [7, 11) is 0. The first-order chi connectivity index (χ1) is 11.8. The molecule has 5 nitrogen and oxygen atoms in total. The topological polar surface area (TPSA) is 54.7 Å². The molecular weight excluding hydrogens is 304 g/mol. The van der Waals surface area contributed by atoms with Gasteiger partial charge >= 0.3 is 0 Å². The van der Waals surface area contributed by atoms with Gasteiger partial charge in [-0.25, -0.2) is 0 Å². The molecule has 1 fully saturated rings. The van der Waals surface area contributed by atoms with Crippen LogP contribution in [0.25, 0.3) is 5.69 Å². The summed E-state index contributed by atoms with van der Waals surface area (Å²) >= 11 is 0. The number of aliphatic hydroxyl groups excluding tert-OH is 1. The van der Waals surface area contributed by atoms with Gasteiger partial charge in [0, 0.05) is 49.9 Å². The molecule has 3 rings (SSSR count). The molecule has 0 atom stereocenters. The molecule has 1 aromatic carbocycles. The maximum Gasteiger partial charge on any atom is 0.253 e. The standard InChI is InChI=1S/C19H24N2O3/c22-13-4-14-24-18-7-11-21(12-8-18)19(23)16-5-3-6-17(15-16)20-9-1-2-10-20/h1-3,5-6,9-10,15,18,22H,4,7-8,11-14H2. The van der Waals surface area contributed by atoms with Crippen LogP contribution in [0.3, 0.4) is 0 Å². The third-order valence-electron chi connectivity index (χ3n) is 4.38. The summed E-state index contributed by atoms with van der Waals surface area (Å²) in [6, 6.07) is 11.7. The van der Waals surface area contributed by atoms with E-state index in [0.717, 1.165) is 37.2 Å². The Morgan fingerprint density at radius 3 is 2.62 bits per heavy atom. The van der Waals surface area contributed by atoms with Crippen molar-refractivity contribution in [2.75, 3.05) is 26.3 Å². The molecule has 1 aliphatic heterocycles. The molecule has 128 valence electrons. The molecule has 2 heterocycles. The third-order valence-corrected chi connectivity index (χ3v) is 4.38. The lowest BCUT2D eigenvalue weighted by atomic mass is 10.1. The zero-order chi connectivity index (χ0) is 16.8. The maximum absolute atomic E-state index is 12.7. The quantitative estimate of drug-likeness (QED) is 0.829. The second kappa shape index (κ2) is 8.13. The molecule has 0 unspecified atom stereocenters. The van der Waals surface area contributed by atoms with E-state index in [-0.39, 0.29) is 18.6 Å². The van der Waals surface area contributed by atoms with Crippen LogP contribution in [-0.2, 0) is 4.74 Å². The zero-order valence-corrected chi connectivity index (χ0v) is 13.8. The van der Waals surface area contributed by atoms with Gasteiger partial charge in [0.1, 0.15) is 0 Å². The van der Waals surface area contributed by atoms with Crippen LogP contribution in [0.4, 0.5) is 0 Å². The van der Waals surface area contributed by atoms with Crippen LogP contribution in [0, 0.1) is 0 Å². The van der Waals surface area contributed by atoms with Gasteiger partial charge < -0.3 is 19.3 Å².